The summed E-state index contributed by atoms with van der Waals surface area (Å²) >= 11 is 1.79. The molecule has 0 fully saturated rings. The van der Waals surface area contributed by atoms with E-state index in [1.165, 1.54) is 65.2 Å². The Morgan fingerprint density at radius 1 is 0.579 bits per heavy atom. The van der Waals surface area contributed by atoms with E-state index in [1.807, 2.05) is 0 Å². The molecule has 1 heterocycles. The van der Waals surface area contributed by atoms with Gasteiger partial charge in [0.25, 0.3) is 0 Å². The fourth-order valence-corrected chi connectivity index (χ4v) is 7.43. The molecule has 2 heteroatoms. The molecule has 8 rings (SSSR count). The molecule has 1 aliphatic carbocycles. The summed E-state index contributed by atoms with van der Waals surface area (Å²) in [6.07, 6.45) is 0. The molecule has 0 aliphatic heterocycles. The molecule has 1 aliphatic rings. The minimum Gasteiger partial charge on any atom is -0.236 e. The number of fused-ring (bicyclic) bond motifs is 8. The van der Waals surface area contributed by atoms with Gasteiger partial charge in [-0.3, -0.25) is 0 Å². The lowest BCUT2D eigenvalue weighted by Gasteiger charge is -2.22. The highest BCUT2D eigenvalue weighted by Gasteiger charge is 2.35. The highest BCUT2D eigenvalue weighted by Crippen LogP contribution is 2.49. The number of nitrogens with zero attached hydrogens (tertiary/aromatic N) is 1. The topological polar surface area (TPSA) is 12.9 Å². The normalized spacial score (nSPS) is 13.7. The van der Waals surface area contributed by atoms with Crippen LogP contribution in [0.3, 0.4) is 0 Å². The Morgan fingerprint density at radius 3 is 2.16 bits per heavy atom. The van der Waals surface area contributed by atoms with Crippen molar-refractivity contribution in [2.45, 2.75) is 19.3 Å². The highest BCUT2D eigenvalue weighted by molar-refractivity contribution is 7.22. The van der Waals surface area contributed by atoms with Crippen molar-refractivity contribution in [2.75, 3.05) is 0 Å². The number of hydrogen-bond acceptors (Lipinski definition) is 2. The molecule has 0 N–H and O–H groups in total. The van der Waals surface area contributed by atoms with E-state index in [0.717, 1.165) is 10.5 Å². The number of benzene rings is 6. The van der Waals surface area contributed by atoms with Crippen molar-refractivity contribution in [3.05, 3.63) is 126 Å². The molecule has 0 bridgehead atoms. The van der Waals surface area contributed by atoms with Crippen LogP contribution in [-0.4, -0.2) is 4.98 Å². The van der Waals surface area contributed by atoms with Crippen LogP contribution in [-0.2, 0) is 5.41 Å². The summed E-state index contributed by atoms with van der Waals surface area (Å²) in [6, 6.07) is 42.2. The van der Waals surface area contributed by atoms with Gasteiger partial charge < -0.3 is 0 Å². The smallest absolute Gasteiger partial charge is 0.124 e. The first-order valence-corrected chi connectivity index (χ1v) is 14.0. The van der Waals surface area contributed by atoms with Crippen LogP contribution in [0, 0.1) is 0 Å². The average Bonchev–Trinajstić information content (AvgIpc) is 3.50. The van der Waals surface area contributed by atoms with Gasteiger partial charge in [-0.15, -0.1) is 11.3 Å². The molecule has 1 aromatic heterocycles. The van der Waals surface area contributed by atoms with Crippen LogP contribution in [0.1, 0.15) is 25.0 Å². The molecule has 0 saturated carbocycles. The summed E-state index contributed by atoms with van der Waals surface area (Å²) in [5.41, 5.74) is 10.3. The quantitative estimate of drug-likeness (QED) is 0.214. The summed E-state index contributed by atoms with van der Waals surface area (Å²) in [5, 5.41) is 6.18. The molecule has 38 heavy (non-hydrogen) atoms. The SMILES string of the molecule is CC1(C)c2ccccc2-c2ccc(-c3ccc4ccc5ccc6nc(-c7ccccc7)sc6c5c4c3)cc21. The molecular weight excluding hydrogens is 478 g/mol. The van der Waals surface area contributed by atoms with E-state index in [1.54, 1.807) is 11.3 Å². The summed E-state index contributed by atoms with van der Waals surface area (Å²) < 4.78 is 1.26. The third-order valence-corrected chi connectivity index (χ3v) is 9.43. The largest absolute Gasteiger partial charge is 0.236 e. The Labute approximate surface area is 226 Å². The number of rotatable bonds is 2. The maximum atomic E-state index is 5.01. The van der Waals surface area contributed by atoms with Gasteiger partial charge in [0.1, 0.15) is 5.01 Å². The lowest BCUT2D eigenvalue weighted by molar-refractivity contribution is 0.660. The minimum atomic E-state index is -0.00583. The first kappa shape index (κ1) is 21.8. The lowest BCUT2D eigenvalue weighted by Crippen LogP contribution is -2.14. The van der Waals surface area contributed by atoms with Gasteiger partial charge >= 0.3 is 0 Å². The van der Waals surface area contributed by atoms with E-state index in [0.29, 0.717) is 0 Å². The van der Waals surface area contributed by atoms with Gasteiger partial charge in [-0.2, -0.15) is 0 Å². The molecular formula is C36H25NS. The van der Waals surface area contributed by atoms with Crippen molar-refractivity contribution in [3.8, 4) is 32.8 Å². The first-order chi connectivity index (χ1) is 18.6. The van der Waals surface area contributed by atoms with Gasteiger partial charge in [-0.05, 0) is 67.7 Å². The molecule has 0 amide bonds. The predicted molar refractivity (Wildman–Crippen MR) is 163 cm³/mol. The van der Waals surface area contributed by atoms with Crippen LogP contribution in [0.4, 0.5) is 0 Å². The zero-order chi connectivity index (χ0) is 25.4. The molecule has 7 aromatic rings. The molecule has 0 radical (unpaired) electrons. The molecule has 180 valence electrons. The van der Waals surface area contributed by atoms with Gasteiger partial charge in [0.2, 0.25) is 0 Å². The van der Waals surface area contributed by atoms with Crippen LogP contribution in [0.5, 0.6) is 0 Å². The van der Waals surface area contributed by atoms with Gasteiger partial charge in [-0.1, -0.05) is 111 Å². The molecule has 0 spiro atoms. The second kappa shape index (κ2) is 7.86. The van der Waals surface area contributed by atoms with Crippen LogP contribution >= 0.6 is 11.3 Å². The monoisotopic (exact) mass is 503 g/mol. The van der Waals surface area contributed by atoms with E-state index < -0.39 is 0 Å². The number of thiazole rings is 1. The third kappa shape index (κ3) is 3.07. The van der Waals surface area contributed by atoms with Gasteiger partial charge in [0.15, 0.2) is 0 Å². The van der Waals surface area contributed by atoms with Crippen molar-refractivity contribution < 1.29 is 0 Å². The second-order valence-electron chi connectivity index (χ2n) is 10.8. The maximum Gasteiger partial charge on any atom is 0.124 e. The van der Waals surface area contributed by atoms with Crippen molar-refractivity contribution in [1.29, 1.82) is 0 Å². The Kier molecular flexibility index (Phi) is 4.51. The van der Waals surface area contributed by atoms with Gasteiger partial charge in [-0.25, -0.2) is 4.98 Å². The Balaban J connectivity index is 1.34. The first-order valence-electron chi connectivity index (χ1n) is 13.1. The Bertz CT molecular complexity index is 2050. The van der Waals surface area contributed by atoms with E-state index in [9.17, 15) is 0 Å². The maximum absolute atomic E-state index is 5.01. The number of hydrogen-bond donors (Lipinski definition) is 0. The summed E-state index contributed by atoms with van der Waals surface area (Å²) in [6.45, 7) is 4.69. The molecule has 0 saturated heterocycles. The van der Waals surface area contributed by atoms with E-state index in [2.05, 4.69) is 129 Å². The van der Waals surface area contributed by atoms with Crippen LogP contribution in [0.25, 0.3) is 64.6 Å². The van der Waals surface area contributed by atoms with Crippen LogP contribution in [0.2, 0.25) is 0 Å². The second-order valence-corrected chi connectivity index (χ2v) is 11.8. The predicted octanol–water partition coefficient (Wildman–Crippen LogP) is 10.2. The fourth-order valence-electron chi connectivity index (χ4n) is 6.29. The standard InChI is InChI=1S/C36H25NS/c1-36(2)30-11-7-6-10-27(30)28-18-16-26(21-31(28)36)25-15-13-22-12-14-23-17-19-32-34(33(23)29(22)20-25)38-35(37-32)24-8-4-3-5-9-24/h3-21H,1-2H3. The molecule has 0 unspecified atom stereocenters. The fraction of sp³-hybridized carbons (Fsp3) is 0.0833. The Morgan fingerprint density at radius 2 is 1.26 bits per heavy atom. The minimum absolute atomic E-state index is 0.00583. The van der Waals surface area contributed by atoms with Crippen molar-refractivity contribution >= 4 is 43.1 Å². The van der Waals surface area contributed by atoms with E-state index in [-0.39, 0.29) is 5.41 Å². The van der Waals surface area contributed by atoms with Crippen LogP contribution < -0.4 is 0 Å². The van der Waals surface area contributed by atoms with Crippen molar-refractivity contribution in [1.82, 2.24) is 4.98 Å². The van der Waals surface area contributed by atoms with Crippen molar-refractivity contribution in [2.24, 2.45) is 0 Å². The summed E-state index contributed by atoms with van der Waals surface area (Å²) in [7, 11) is 0. The van der Waals surface area contributed by atoms with Gasteiger partial charge in [0, 0.05) is 16.4 Å². The average molecular weight is 504 g/mol. The Hall–Kier alpha value is -4.27. The van der Waals surface area contributed by atoms with Crippen LogP contribution in [0.15, 0.2) is 115 Å². The number of aromatic nitrogens is 1. The summed E-state index contributed by atoms with van der Waals surface area (Å²) in [5.74, 6) is 0. The van der Waals surface area contributed by atoms with Gasteiger partial charge in [0.05, 0.1) is 10.2 Å². The highest BCUT2D eigenvalue weighted by atomic mass is 32.1. The molecule has 0 atom stereocenters. The molecule has 1 nitrogen and oxygen atoms in total. The zero-order valence-corrected chi connectivity index (χ0v) is 22.1. The zero-order valence-electron chi connectivity index (χ0n) is 21.3. The summed E-state index contributed by atoms with van der Waals surface area (Å²) in [4.78, 5) is 5.01. The van der Waals surface area contributed by atoms with Crippen molar-refractivity contribution in [3.63, 3.8) is 0 Å². The molecule has 6 aromatic carbocycles. The van der Waals surface area contributed by atoms with E-state index in [4.69, 9.17) is 4.98 Å². The van der Waals surface area contributed by atoms with E-state index >= 15 is 0 Å². The lowest BCUT2D eigenvalue weighted by atomic mass is 9.81. The third-order valence-electron chi connectivity index (χ3n) is 8.29.